The third-order valence-corrected chi connectivity index (χ3v) is 5.03. The van der Waals surface area contributed by atoms with Crippen LogP contribution >= 0.6 is 11.3 Å². The quantitative estimate of drug-likeness (QED) is 0.523. The first kappa shape index (κ1) is 17.2. The van der Waals surface area contributed by atoms with Crippen molar-refractivity contribution in [3.63, 3.8) is 0 Å². The van der Waals surface area contributed by atoms with Crippen LogP contribution in [-0.2, 0) is 0 Å². The molecule has 134 valence electrons. The Bertz CT molecular complexity index is 1100. The molecule has 0 bridgehead atoms. The smallest absolute Gasteiger partial charge is 0.270 e. The van der Waals surface area contributed by atoms with Crippen LogP contribution in [0.15, 0.2) is 64.5 Å². The van der Waals surface area contributed by atoms with E-state index in [0.29, 0.717) is 23.0 Å². The molecular weight excluding hydrogens is 358 g/mol. The minimum Gasteiger partial charge on any atom is -0.333 e. The van der Waals surface area contributed by atoms with E-state index >= 15 is 0 Å². The fourth-order valence-electron chi connectivity index (χ4n) is 2.69. The summed E-state index contributed by atoms with van der Waals surface area (Å²) in [5.74, 6) is 0.742. The summed E-state index contributed by atoms with van der Waals surface area (Å²) in [6.07, 6.45) is 0. The van der Waals surface area contributed by atoms with Crippen LogP contribution in [0.2, 0.25) is 0 Å². The lowest BCUT2D eigenvalue weighted by atomic mass is 10.1. The van der Waals surface area contributed by atoms with Gasteiger partial charge in [0.2, 0.25) is 5.82 Å². The lowest BCUT2D eigenvalue weighted by molar-refractivity contribution is 0.102. The minimum absolute atomic E-state index is 0.170. The summed E-state index contributed by atoms with van der Waals surface area (Å²) in [5, 5.41) is 8.89. The summed E-state index contributed by atoms with van der Waals surface area (Å²) in [5.41, 5.74) is 4.36. The molecule has 0 aliphatic carbocycles. The molecule has 2 aromatic heterocycles. The van der Waals surface area contributed by atoms with Crippen molar-refractivity contribution in [1.82, 2.24) is 10.1 Å². The summed E-state index contributed by atoms with van der Waals surface area (Å²) in [6, 6.07) is 17.2. The summed E-state index contributed by atoms with van der Waals surface area (Å²) in [4.78, 5) is 17.8. The van der Waals surface area contributed by atoms with E-state index in [0.717, 1.165) is 16.0 Å². The van der Waals surface area contributed by atoms with Crippen LogP contribution in [0.4, 0.5) is 5.69 Å². The molecule has 0 saturated heterocycles. The Kier molecular flexibility index (Phi) is 4.56. The van der Waals surface area contributed by atoms with Gasteiger partial charge in [0.1, 0.15) is 4.88 Å². The van der Waals surface area contributed by atoms with E-state index in [1.54, 1.807) is 6.07 Å². The van der Waals surface area contributed by atoms with Gasteiger partial charge in [-0.2, -0.15) is 4.98 Å². The van der Waals surface area contributed by atoms with Crippen LogP contribution in [0.5, 0.6) is 0 Å². The third kappa shape index (κ3) is 3.66. The Morgan fingerprint density at radius 3 is 2.63 bits per heavy atom. The van der Waals surface area contributed by atoms with Crippen LogP contribution in [0, 0.1) is 13.8 Å². The van der Waals surface area contributed by atoms with Crippen molar-refractivity contribution < 1.29 is 9.32 Å². The van der Waals surface area contributed by atoms with Crippen molar-refractivity contribution in [3.05, 3.63) is 76.7 Å². The number of aromatic nitrogens is 2. The lowest BCUT2D eigenvalue weighted by Gasteiger charge is -2.05. The molecule has 0 radical (unpaired) electrons. The highest BCUT2D eigenvalue weighted by Crippen LogP contribution is 2.34. The van der Waals surface area contributed by atoms with Crippen molar-refractivity contribution in [2.24, 2.45) is 0 Å². The van der Waals surface area contributed by atoms with Crippen molar-refractivity contribution >= 4 is 22.9 Å². The Morgan fingerprint density at radius 2 is 1.85 bits per heavy atom. The molecule has 27 heavy (non-hydrogen) atoms. The Hall–Kier alpha value is -3.25. The Morgan fingerprint density at radius 1 is 1.04 bits per heavy atom. The van der Waals surface area contributed by atoms with Gasteiger partial charge in [0, 0.05) is 11.1 Å². The number of benzene rings is 2. The van der Waals surface area contributed by atoms with Crippen LogP contribution in [-0.4, -0.2) is 16.0 Å². The summed E-state index contributed by atoms with van der Waals surface area (Å²) in [7, 11) is 0. The second kappa shape index (κ2) is 7.17. The molecule has 0 spiro atoms. The van der Waals surface area contributed by atoms with Gasteiger partial charge >= 0.3 is 0 Å². The van der Waals surface area contributed by atoms with Gasteiger partial charge < -0.3 is 9.84 Å². The molecule has 0 fully saturated rings. The van der Waals surface area contributed by atoms with Crippen LogP contribution < -0.4 is 5.32 Å². The average Bonchev–Trinajstić information content (AvgIpc) is 3.31. The molecule has 4 rings (SSSR count). The van der Waals surface area contributed by atoms with E-state index in [4.69, 9.17) is 4.52 Å². The number of carbonyl (C=O) groups is 1. The zero-order valence-corrected chi connectivity index (χ0v) is 15.7. The third-order valence-electron chi connectivity index (χ3n) is 4.12. The van der Waals surface area contributed by atoms with E-state index < -0.39 is 0 Å². The van der Waals surface area contributed by atoms with Gasteiger partial charge in [0.25, 0.3) is 11.8 Å². The zero-order valence-electron chi connectivity index (χ0n) is 14.9. The Balaban J connectivity index is 1.59. The molecule has 4 aromatic rings. The highest BCUT2D eigenvalue weighted by molar-refractivity contribution is 7.14. The Labute approximate surface area is 160 Å². The van der Waals surface area contributed by atoms with Gasteiger partial charge in [-0.25, -0.2) is 0 Å². The molecule has 0 unspecified atom stereocenters. The molecule has 0 aliphatic heterocycles. The number of amides is 1. The van der Waals surface area contributed by atoms with E-state index in [9.17, 15) is 4.79 Å². The first-order valence-corrected chi connectivity index (χ1v) is 9.35. The molecule has 1 N–H and O–H groups in total. The van der Waals surface area contributed by atoms with Gasteiger partial charge in [-0.1, -0.05) is 52.7 Å². The fraction of sp³-hybridized carbons (Fsp3) is 0.0952. The predicted octanol–water partition coefficient (Wildman–Crippen LogP) is 5.33. The van der Waals surface area contributed by atoms with Gasteiger partial charge in [-0.05, 0) is 37.4 Å². The number of hydrogen-bond donors (Lipinski definition) is 1. The van der Waals surface area contributed by atoms with Crippen molar-refractivity contribution in [3.8, 4) is 22.2 Å². The summed E-state index contributed by atoms with van der Waals surface area (Å²) in [6.45, 7) is 3.98. The number of nitrogens with one attached hydrogen (secondary N) is 1. The van der Waals surface area contributed by atoms with Crippen molar-refractivity contribution in [1.29, 1.82) is 0 Å². The molecule has 0 saturated carbocycles. The highest BCUT2D eigenvalue weighted by Gasteiger charge is 2.17. The van der Waals surface area contributed by atoms with E-state index in [-0.39, 0.29) is 5.91 Å². The second-order valence-electron chi connectivity index (χ2n) is 6.28. The van der Waals surface area contributed by atoms with Crippen LogP contribution in [0.3, 0.4) is 0 Å². The first-order valence-electron chi connectivity index (χ1n) is 8.47. The maximum atomic E-state index is 12.5. The largest absolute Gasteiger partial charge is 0.333 e. The van der Waals surface area contributed by atoms with Gasteiger partial charge in [0.05, 0.1) is 5.69 Å². The lowest BCUT2D eigenvalue weighted by Crippen LogP contribution is -2.11. The number of hydrogen-bond acceptors (Lipinski definition) is 5. The zero-order chi connectivity index (χ0) is 18.8. The summed E-state index contributed by atoms with van der Waals surface area (Å²) >= 11 is 1.44. The van der Waals surface area contributed by atoms with Crippen molar-refractivity contribution in [2.75, 3.05) is 5.32 Å². The molecule has 6 heteroatoms. The predicted molar refractivity (Wildman–Crippen MR) is 107 cm³/mol. The minimum atomic E-state index is -0.170. The molecular formula is C21H17N3O2S. The monoisotopic (exact) mass is 375 g/mol. The second-order valence-corrected chi connectivity index (χ2v) is 7.19. The first-order chi connectivity index (χ1) is 13.1. The average molecular weight is 375 g/mol. The topological polar surface area (TPSA) is 68.0 Å². The number of carbonyl (C=O) groups excluding carboxylic acids is 1. The highest BCUT2D eigenvalue weighted by atomic mass is 32.1. The van der Waals surface area contributed by atoms with Gasteiger partial charge in [0.15, 0.2) is 0 Å². The normalized spacial score (nSPS) is 10.7. The molecule has 1 amide bonds. The summed E-state index contributed by atoms with van der Waals surface area (Å²) < 4.78 is 5.44. The number of aryl methyl sites for hydroxylation is 2. The molecule has 0 aliphatic rings. The van der Waals surface area contributed by atoms with E-state index in [1.807, 2.05) is 67.8 Å². The number of nitrogens with zero attached hydrogens (tertiary/aromatic N) is 2. The van der Waals surface area contributed by atoms with Gasteiger partial charge in [-0.3, -0.25) is 4.79 Å². The van der Waals surface area contributed by atoms with Crippen LogP contribution in [0.1, 0.15) is 21.5 Å². The SMILES string of the molecule is Cc1ccc(-c2noc(-c3sccc3NC(=O)c3cccc(C)c3)n2)cc1. The molecule has 2 aromatic carbocycles. The van der Waals surface area contributed by atoms with E-state index in [2.05, 4.69) is 15.5 Å². The van der Waals surface area contributed by atoms with E-state index in [1.165, 1.54) is 16.9 Å². The molecule has 2 heterocycles. The standard InChI is InChI=1S/C21H17N3O2S/c1-13-6-8-15(9-7-13)19-23-21(26-24-19)18-17(10-11-27-18)22-20(25)16-5-3-4-14(2)12-16/h3-12H,1-2H3,(H,22,25). The van der Waals surface area contributed by atoms with Crippen LogP contribution in [0.25, 0.3) is 22.2 Å². The number of rotatable bonds is 4. The fourth-order valence-corrected chi connectivity index (χ4v) is 3.46. The maximum absolute atomic E-state index is 12.5. The van der Waals surface area contributed by atoms with Gasteiger partial charge in [-0.15, -0.1) is 11.3 Å². The number of thiophene rings is 1. The maximum Gasteiger partial charge on any atom is 0.270 e. The molecule has 0 atom stereocenters. The molecule has 5 nitrogen and oxygen atoms in total. The number of anilines is 1. The van der Waals surface area contributed by atoms with Crippen molar-refractivity contribution in [2.45, 2.75) is 13.8 Å².